The molecule has 2 aromatic carbocycles. The highest BCUT2D eigenvalue weighted by Crippen LogP contribution is 2.33. The molecule has 0 aromatic heterocycles. The molecule has 5 rings (SSSR count). The molecule has 2 heterocycles. The zero-order valence-electron chi connectivity index (χ0n) is 17.6. The fraction of sp³-hybridized carbons (Fsp3) is 0.462. The average molecular weight is 403 g/mol. The van der Waals surface area contributed by atoms with Crippen LogP contribution < -0.4 is 0 Å². The van der Waals surface area contributed by atoms with Crippen molar-refractivity contribution in [2.24, 2.45) is 5.92 Å². The van der Waals surface area contributed by atoms with Crippen molar-refractivity contribution < 1.29 is 9.59 Å². The summed E-state index contributed by atoms with van der Waals surface area (Å²) in [5.74, 6) is 0.686. The number of hydrogen-bond acceptors (Lipinski definition) is 3. The quantitative estimate of drug-likeness (QED) is 0.661. The van der Waals surface area contributed by atoms with Crippen LogP contribution in [0, 0.1) is 5.92 Å². The van der Waals surface area contributed by atoms with Crippen LogP contribution in [0.4, 0.5) is 0 Å². The van der Waals surface area contributed by atoms with Crippen LogP contribution in [0.15, 0.2) is 48.5 Å². The summed E-state index contributed by atoms with van der Waals surface area (Å²) in [6.45, 7) is 4.25. The molecule has 2 aromatic rings. The Bertz CT molecular complexity index is 909. The van der Waals surface area contributed by atoms with Crippen LogP contribution >= 0.6 is 0 Å². The fourth-order valence-electron chi connectivity index (χ4n) is 4.94. The van der Waals surface area contributed by atoms with Gasteiger partial charge in [0.25, 0.3) is 5.91 Å². The lowest BCUT2D eigenvalue weighted by Gasteiger charge is -2.28. The van der Waals surface area contributed by atoms with Gasteiger partial charge in [-0.1, -0.05) is 36.4 Å². The Morgan fingerprint density at radius 3 is 1.93 bits per heavy atom. The highest BCUT2D eigenvalue weighted by Gasteiger charge is 2.32. The van der Waals surface area contributed by atoms with E-state index in [1.165, 1.54) is 25.9 Å². The van der Waals surface area contributed by atoms with Crippen LogP contribution in [0.2, 0.25) is 0 Å². The van der Waals surface area contributed by atoms with E-state index in [1.54, 1.807) is 0 Å². The molecular formula is C26H30N2O2. The van der Waals surface area contributed by atoms with Crippen molar-refractivity contribution in [3.8, 4) is 11.1 Å². The van der Waals surface area contributed by atoms with Crippen LogP contribution in [0.5, 0.6) is 0 Å². The van der Waals surface area contributed by atoms with E-state index in [4.69, 9.17) is 0 Å². The molecule has 3 aliphatic rings. The van der Waals surface area contributed by atoms with E-state index in [0.29, 0.717) is 6.04 Å². The van der Waals surface area contributed by atoms with Crippen molar-refractivity contribution in [1.29, 1.82) is 0 Å². The molecule has 2 saturated heterocycles. The molecule has 1 unspecified atom stereocenters. The number of hydrogen-bond donors (Lipinski definition) is 0. The second-order valence-corrected chi connectivity index (χ2v) is 9.10. The maximum Gasteiger partial charge on any atom is 0.254 e. The lowest BCUT2D eigenvalue weighted by atomic mass is 10.00. The summed E-state index contributed by atoms with van der Waals surface area (Å²) in [5.41, 5.74) is 3.74. The molecule has 0 spiro atoms. The third-order valence-electron chi connectivity index (χ3n) is 6.89. The van der Waals surface area contributed by atoms with Gasteiger partial charge in [0.15, 0.2) is 5.78 Å². The van der Waals surface area contributed by atoms with Gasteiger partial charge in [0.2, 0.25) is 0 Å². The largest absolute Gasteiger partial charge is 0.334 e. The van der Waals surface area contributed by atoms with Gasteiger partial charge < -0.3 is 9.80 Å². The van der Waals surface area contributed by atoms with Crippen LogP contribution in [-0.2, 0) is 0 Å². The molecule has 0 bridgehead atoms. The minimum Gasteiger partial charge on any atom is -0.334 e. The van der Waals surface area contributed by atoms with Crippen molar-refractivity contribution in [3.63, 3.8) is 0 Å². The van der Waals surface area contributed by atoms with Gasteiger partial charge in [-0.3, -0.25) is 9.59 Å². The smallest absolute Gasteiger partial charge is 0.254 e. The van der Waals surface area contributed by atoms with E-state index in [2.05, 4.69) is 9.80 Å². The van der Waals surface area contributed by atoms with E-state index < -0.39 is 0 Å². The molecule has 0 N–H and O–H groups in total. The minimum atomic E-state index is 0.161. The SMILES string of the molecule is O=C(c1ccc(-c2ccc(C(=O)N3CCCC3CN3CCCC3)cc2)cc1)C1CC1. The number of carbonyl (C=O) groups is 2. The minimum absolute atomic E-state index is 0.161. The Morgan fingerprint density at radius 1 is 0.733 bits per heavy atom. The second-order valence-electron chi connectivity index (χ2n) is 9.10. The highest BCUT2D eigenvalue weighted by atomic mass is 16.2. The van der Waals surface area contributed by atoms with Crippen molar-refractivity contribution in [2.75, 3.05) is 26.2 Å². The number of nitrogens with zero attached hydrogens (tertiary/aromatic N) is 2. The first kappa shape index (κ1) is 19.5. The lowest BCUT2D eigenvalue weighted by molar-refractivity contribution is 0.0708. The summed E-state index contributed by atoms with van der Waals surface area (Å²) in [6.07, 6.45) is 6.87. The Kier molecular flexibility index (Phi) is 5.43. The molecule has 0 radical (unpaired) electrons. The maximum atomic E-state index is 13.1. The standard InChI is InChI=1S/C26H30N2O2/c29-25(22-11-12-22)21-9-5-19(6-10-21)20-7-13-23(14-8-20)26(30)28-17-3-4-24(28)18-27-15-1-2-16-27/h5-10,13-14,22,24H,1-4,11-12,15-18H2. The second kappa shape index (κ2) is 8.35. The molecule has 1 aliphatic carbocycles. The van der Waals surface area contributed by atoms with Gasteiger partial charge in [0.05, 0.1) is 0 Å². The molecule has 3 fully saturated rings. The normalized spacial score (nSPS) is 21.9. The van der Waals surface area contributed by atoms with Crippen molar-refractivity contribution in [1.82, 2.24) is 9.80 Å². The van der Waals surface area contributed by atoms with Crippen LogP contribution in [0.25, 0.3) is 11.1 Å². The van der Waals surface area contributed by atoms with E-state index in [1.807, 2.05) is 48.5 Å². The van der Waals surface area contributed by atoms with Gasteiger partial charge >= 0.3 is 0 Å². The average Bonchev–Trinajstić information content (AvgIpc) is 3.32. The summed E-state index contributed by atoms with van der Waals surface area (Å²) in [6, 6.07) is 16.2. The number of amides is 1. The first-order valence-electron chi connectivity index (χ1n) is 11.5. The fourth-order valence-corrected chi connectivity index (χ4v) is 4.94. The van der Waals surface area contributed by atoms with Crippen molar-refractivity contribution in [3.05, 3.63) is 59.7 Å². The predicted molar refractivity (Wildman–Crippen MR) is 119 cm³/mol. The summed E-state index contributed by atoms with van der Waals surface area (Å²) in [5, 5.41) is 0. The van der Waals surface area contributed by atoms with Gasteiger partial charge in [-0.05, 0) is 74.9 Å². The first-order chi connectivity index (χ1) is 14.7. The summed E-state index contributed by atoms with van der Waals surface area (Å²) < 4.78 is 0. The lowest BCUT2D eigenvalue weighted by Crippen LogP contribution is -2.42. The molecule has 2 aliphatic heterocycles. The van der Waals surface area contributed by atoms with Gasteiger partial charge in [0, 0.05) is 36.2 Å². The zero-order chi connectivity index (χ0) is 20.5. The topological polar surface area (TPSA) is 40.6 Å². The molecule has 1 amide bonds. The third-order valence-corrected chi connectivity index (χ3v) is 6.89. The number of ketones is 1. The maximum absolute atomic E-state index is 13.1. The summed E-state index contributed by atoms with van der Waals surface area (Å²) in [4.78, 5) is 29.9. The number of Topliss-reactive ketones (excluding diaryl/α,β-unsaturated/α-hetero) is 1. The number of carbonyl (C=O) groups excluding carboxylic acids is 2. The molecule has 156 valence electrons. The number of likely N-dealkylation sites (tertiary alicyclic amines) is 2. The molecule has 4 nitrogen and oxygen atoms in total. The van der Waals surface area contributed by atoms with Crippen LogP contribution in [-0.4, -0.2) is 53.7 Å². The Labute approximate surface area is 178 Å². The number of benzene rings is 2. The van der Waals surface area contributed by atoms with Crippen molar-refractivity contribution >= 4 is 11.7 Å². The van der Waals surface area contributed by atoms with Crippen LogP contribution in [0.3, 0.4) is 0 Å². The Hall–Kier alpha value is -2.46. The monoisotopic (exact) mass is 402 g/mol. The van der Waals surface area contributed by atoms with Crippen molar-refractivity contribution in [2.45, 2.75) is 44.6 Å². The molecule has 4 heteroatoms. The van der Waals surface area contributed by atoms with E-state index in [0.717, 1.165) is 61.0 Å². The Balaban J connectivity index is 1.26. The van der Waals surface area contributed by atoms with E-state index >= 15 is 0 Å². The highest BCUT2D eigenvalue weighted by molar-refractivity contribution is 5.99. The zero-order valence-corrected chi connectivity index (χ0v) is 17.6. The third kappa shape index (κ3) is 4.06. The van der Waals surface area contributed by atoms with Gasteiger partial charge in [0.1, 0.15) is 0 Å². The number of rotatable bonds is 6. The molecular weight excluding hydrogens is 372 g/mol. The van der Waals surface area contributed by atoms with E-state index in [9.17, 15) is 9.59 Å². The van der Waals surface area contributed by atoms with Crippen LogP contribution in [0.1, 0.15) is 59.2 Å². The van der Waals surface area contributed by atoms with E-state index in [-0.39, 0.29) is 17.6 Å². The Morgan fingerprint density at radius 2 is 1.33 bits per heavy atom. The predicted octanol–water partition coefficient (Wildman–Crippen LogP) is 4.65. The van der Waals surface area contributed by atoms with Gasteiger partial charge in [-0.15, -0.1) is 0 Å². The summed E-state index contributed by atoms with van der Waals surface area (Å²) >= 11 is 0. The molecule has 1 saturated carbocycles. The molecule has 30 heavy (non-hydrogen) atoms. The van der Waals surface area contributed by atoms with Gasteiger partial charge in [-0.2, -0.15) is 0 Å². The summed E-state index contributed by atoms with van der Waals surface area (Å²) in [7, 11) is 0. The van der Waals surface area contributed by atoms with Gasteiger partial charge in [-0.25, -0.2) is 0 Å². The molecule has 1 atom stereocenters. The first-order valence-corrected chi connectivity index (χ1v) is 11.5.